The third-order valence-electron chi connectivity index (χ3n) is 4.65. The molecule has 2 unspecified atom stereocenters. The average Bonchev–Trinajstić information content (AvgIpc) is 2.33. The van der Waals surface area contributed by atoms with Crippen molar-refractivity contribution in [3.8, 4) is 0 Å². The third kappa shape index (κ3) is 3.96. The van der Waals surface area contributed by atoms with Crippen LogP contribution in [-0.4, -0.2) is 36.6 Å². The molecule has 0 saturated heterocycles. The summed E-state index contributed by atoms with van der Waals surface area (Å²) in [5.74, 6) is 0. The van der Waals surface area contributed by atoms with Crippen molar-refractivity contribution in [3.05, 3.63) is 0 Å². The zero-order valence-electron chi connectivity index (χ0n) is 13.3. The van der Waals surface area contributed by atoms with Crippen molar-refractivity contribution in [3.63, 3.8) is 0 Å². The first-order chi connectivity index (χ1) is 8.56. The standard InChI is InChI=1S/C16H34N2/c1-6-9-13-18(8-3)14-11-10-12-16(4,5)15(14)17-7-2/h14-15,17H,6-13H2,1-5H3. The molecule has 108 valence electrons. The Morgan fingerprint density at radius 1 is 1.22 bits per heavy atom. The Balaban J connectivity index is 2.74. The van der Waals surface area contributed by atoms with Crippen LogP contribution in [0.5, 0.6) is 0 Å². The SMILES string of the molecule is CCCCN(CC)C1CCCC(C)(C)C1NCC. The van der Waals surface area contributed by atoms with Crippen LogP contribution >= 0.6 is 0 Å². The van der Waals surface area contributed by atoms with Gasteiger partial charge >= 0.3 is 0 Å². The van der Waals surface area contributed by atoms with Gasteiger partial charge in [-0.15, -0.1) is 0 Å². The molecular weight excluding hydrogens is 220 g/mol. The highest BCUT2D eigenvalue weighted by molar-refractivity contribution is 4.97. The first-order valence-electron chi connectivity index (χ1n) is 8.04. The molecule has 0 radical (unpaired) electrons. The van der Waals surface area contributed by atoms with Crippen molar-refractivity contribution in [2.45, 2.75) is 78.8 Å². The zero-order chi connectivity index (χ0) is 13.6. The Morgan fingerprint density at radius 3 is 2.50 bits per heavy atom. The Labute approximate surface area is 115 Å². The molecule has 0 spiro atoms. The maximum atomic E-state index is 3.77. The fourth-order valence-electron chi connectivity index (χ4n) is 3.56. The van der Waals surface area contributed by atoms with E-state index in [-0.39, 0.29) is 0 Å². The summed E-state index contributed by atoms with van der Waals surface area (Å²) < 4.78 is 0. The lowest BCUT2D eigenvalue weighted by Crippen LogP contribution is -2.59. The molecule has 0 aromatic carbocycles. The van der Waals surface area contributed by atoms with Crippen LogP contribution < -0.4 is 5.32 Å². The molecule has 1 aliphatic rings. The number of likely N-dealkylation sites (N-methyl/N-ethyl adjacent to an activating group) is 2. The third-order valence-corrected chi connectivity index (χ3v) is 4.65. The van der Waals surface area contributed by atoms with Gasteiger partial charge in [-0.3, -0.25) is 4.90 Å². The van der Waals surface area contributed by atoms with Crippen molar-refractivity contribution in [2.75, 3.05) is 19.6 Å². The molecule has 1 fully saturated rings. The Hall–Kier alpha value is -0.0800. The Bertz CT molecular complexity index is 225. The van der Waals surface area contributed by atoms with Gasteiger partial charge in [0.25, 0.3) is 0 Å². The van der Waals surface area contributed by atoms with Gasteiger partial charge in [0.2, 0.25) is 0 Å². The molecule has 0 aliphatic heterocycles. The van der Waals surface area contributed by atoms with E-state index in [1.165, 1.54) is 45.2 Å². The lowest BCUT2D eigenvalue weighted by molar-refractivity contribution is 0.0511. The molecule has 2 nitrogen and oxygen atoms in total. The van der Waals surface area contributed by atoms with E-state index < -0.39 is 0 Å². The van der Waals surface area contributed by atoms with E-state index in [2.05, 4.69) is 44.8 Å². The zero-order valence-corrected chi connectivity index (χ0v) is 13.3. The van der Waals surface area contributed by atoms with Crippen LogP contribution in [0.15, 0.2) is 0 Å². The Morgan fingerprint density at radius 2 is 1.94 bits per heavy atom. The summed E-state index contributed by atoms with van der Waals surface area (Å²) in [7, 11) is 0. The maximum Gasteiger partial charge on any atom is 0.0274 e. The predicted octanol–water partition coefficient (Wildman–Crippen LogP) is 3.67. The summed E-state index contributed by atoms with van der Waals surface area (Å²) in [5, 5.41) is 3.77. The van der Waals surface area contributed by atoms with Crippen LogP contribution in [-0.2, 0) is 0 Å². The highest BCUT2D eigenvalue weighted by atomic mass is 15.2. The lowest BCUT2D eigenvalue weighted by atomic mass is 9.70. The fourth-order valence-corrected chi connectivity index (χ4v) is 3.56. The van der Waals surface area contributed by atoms with E-state index in [1.54, 1.807) is 0 Å². The molecule has 0 aromatic rings. The lowest BCUT2D eigenvalue weighted by Gasteiger charge is -2.48. The monoisotopic (exact) mass is 254 g/mol. The van der Waals surface area contributed by atoms with Gasteiger partial charge in [0.05, 0.1) is 0 Å². The first kappa shape index (κ1) is 16.0. The number of nitrogens with zero attached hydrogens (tertiary/aromatic N) is 1. The molecule has 0 aromatic heterocycles. The van der Waals surface area contributed by atoms with Gasteiger partial charge in [-0.2, -0.15) is 0 Å². The molecule has 1 N–H and O–H groups in total. The molecule has 2 heteroatoms. The van der Waals surface area contributed by atoms with Gasteiger partial charge in [-0.05, 0) is 44.3 Å². The number of hydrogen-bond donors (Lipinski definition) is 1. The van der Waals surface area contributed by atoms with Crippen LogP contribution in [0.25, 0.3) is 0 Å². The molecule has 1 rings (SSSR count). The van der Waals surface area contributed by atoms with Gasteiger partial charge in [0, 0.05) is 12.1 Å². The predicted molar refractivity (Wildman–Crippen MR) is 81.0 cm³/mol. The second-order valence-electron chi connectivity index (χ2n) is 6.47. The molecule has 2 atom stereocenters. The van der Waals surface area contributed by atoms with Crippen molar-refractivity contribution in [2.24, 2.45) is 5.41 Å². The minimum absolute atomic E-state index is 0.443. The van der Waals surface area contributed by atoms with Crippen molar-refractivity contribution in [1.82, 2.24) is 10.2 Å². The van der Waals surface area contributed by atoms with Crippen LogP contribution in [0.3, 0.4) is 0 Å². The number of rotatable bonds is 7. The van der Waals surface area contributed by atoms with Crippen molar-refractivity contribution >= 4 is 0 Å². The van der Waals surface area contributed by atoms with E-state index in [9.17, 15) is 0 Å². The minimum Gasteiger partial charge on any atom is -0.312 e. The summed E-state index contributed by atoms with van der Waals surface area (Å²) in [6.45, 7) is 15.3. The molecule has 18 heavy (non-hydrogen) atoms. The van der Waals surface area contributed by atoms with E-state index >= 15 is 0 Å². The van der Waals surface area contributed by atoms with Crippen LogP contribution in [0, 0.1) is 5.41 Å². The molecule has 0 bridgehead atoms. The highest BCUT2D eigenvalue weighted by Crippen LogP contribution is 2.37. The van der Waals surface area contributed by atoms with E-state index in [1.807, 2.05) is 0 Å². The molecule has 1 saturated carbocycles. The summed E-state index contributed by atoms with van der Waals surface area (Å²) in [4.78, 5) is 2.72. The average molecular weight is 254 g/mol. The van der Waals surface area contributed by atoms with Crippen LogP contribution in [0.2, 0.25) is 0 Å². The number of nitrogens with one attached hydrogen (secondary N) is 1. The molecular formula is C16H34N2. The van der Waals surface area contributed by atoms with Gasteiger partial charge in [-0.25, -0.2) is 0 Å². The smallest absolute Gasteiger partial charge is 0.0274 e. The summed E-state index contributed by atoms with van der Waals surface area (Å²) in [5.41, 5.74) is 0.443. The van der Waals surface area contributed by atoms with Crippen LogP contribution in [0.1, 0.15) is 66.7 Å². The van der Waals surface area contributed by atoms with Gasteiger partial charge in [-0.1, -0.05) is 47.5 Å². The van der Waals surface area contributed by atoms with Gasteiger partial charge in [0.1, 0.15) is 0 Å². The Kier molecular flexibility index (Phi) is 6.65. The number of hydrogen-bond acceptors (Lipinski definition) is 2. The van der Waals surface area contributed by atoms with E-state index in [4.69, 9.17) is 0 Å². The van der Waals surface area contributed by atoms with Crippen molar-refractivity contribution in [1.29, 1.82) is 0 Å². The first-order valence-corrected chi connectivity index (χ1v) is 8.04. The van der Waals surface area contributed by atoms with Crippen molar-refractivity contribution < 1.29 is 0 Å². The quantitative estimate of drug-likeness (QED) is 0.746. The van der Waals surface area contributed by atoms with Gasteiger partial charge < -0.3 is 5.32 Å². The number of unbranched alkanes of at least 4 members (excludes halogenated alkanes) is 1. The second-order valence-corrected chi connectivity index (χ2v) is 6.47. The highest BCUT2D eigenvalue weighted by Gasteiger charge is 2.40. The molecule has 1 aliphatic carbocycles. The van der Waals surface area contributed by atoms with E-state index in [0.29, 0.717) is 11.5 Å². The van der Waals surface area contributed by atoms with Crippen LogP contribution in [0.4, 0.5) is 0 Å². The van der Waals surface area contributed by atoms with Gasteiger partial charge in [0.15, 0.2) is 0 Å². The largest absolute Gasteiger partial charge is 0.312 e. The molecule has 0 amide bonds. The summed E-state index contributed by atoms with van der Waals surface area (Å²) in [6, 6.07) is 1.40. The normalized spacial score (nSPS) is 27.7. The minimum atomic E-state index is 0.443. The fraction of sp³-hybridized carbons (Fsp3) is 1.00. The summed E-state index contributed by atoms with van der Waals surface area (Å²) in [6.07, 6.45) is 6.77. The molecule has 0 heterocycles. The summed E-state index contributed by atoms with van der Waals surface area (Å²) >= 11 is 0. The second kappa shape index (κ2) is 7.49. The topological polar surface area (TPSA) is 15.3 Å². The van der Waals surface area contributed by atoms with E-state index in [0.717, 1.165) is 12.6 Å². The maximum absolute atomic E-state index is 3.77.